The summed E-state index contributed by atoms with van der Waals surface area (Å²) < 4.78 is 43.5. The number of nitrogens with zero attached hydrogens (tertiary/aromatic N) is 3. The van der Waals surface area contributed by atoms with Crippen LogP contribution in [0.4, 0.5) is 24.7 Å². The molecule has 0 unspecified atom stereocenters. The van der Waals surface area contributed by atoms with Crippen molar-refractivity contribution in [2.24, 2.45) is 5.92 Å². The zero-order valence-electron chi connectivity index (χ0n) is 12.0. The molecule has 1 aromatic rings. The van der Waals surface area contributed by atoms with E-state index in [2.05, 4.69) is 9.97 Å². The van der Waals surface area contributed by atoms with E-state index in [0.29, 0.717) is 5.82 Å². The lowest BCUT2D eigenvalue weighted by Crippen LogP contribution is -2.39. The third kappa shape index (κ3) is 3.68. The summed E-state index contributed by atoms with van der Waals surface area (Å²) in [7, 11) is 0. The van der Waals surface area contributed by atoms with Gasteiger partial charge in [-0.3, -0.25) is 0 Å². The lowest BCUT2D eigenvalue weighted by atomic mass is 9.96. The number of alkyl halides is 3. The van der Waals surface area contributed by atoms with Crippen molar-refractivity contribution in [3.05, 3.63) is 6.33 Å². The Bertz CT molecular complexity index is 485. The van der Waals surface area contributed by atoms with Gasteiger partial charge in [-0.2, -0.15) is 18.2 Å². The minimum atomic E-state index is -4.13. The number of ether oxygens (including phenoxy) is 1. The number of rotatable bonds is 3. The van der Waals surface area contributed by atoms with Gasteiger partial charge in [-0.1, -0.05) is 0 Å². The fourth-order valence-electron chi connectivity index (χ4n) is 2.36. The van der Waals surface area contributed by atoms with Crippen LogP contribution < -0.4 is 15.4 Å². The van der Waals surface area contributed by atoms with E-state index in [4.69, 9.17) is 10.5 Å². The zero-order chi connectivity index (χ0) is 15.6. The number of halogens is 3. The molecule has 0 spiro atoms. The van der Waals surface area contributed by atoms with Crippen LogP contribution in [0.25, 0.3) is 0 Å². The Kier molecular flexibility index (Phi) is 4.43. The van der Waals surface area contributed by atoms with Crippen LogP contribution >= 0.6 is 0 Å². The predicted octanol–water partition coefficient (Wildman–Crippen LogP) is 2.62. The lowest BCUT2D eigenvalue weighted by Gasteiger charge is -2.34. The molecule has 21 heavy (non-hydrogen) atoms. The molecule has 118 valence electrons. The summed E-state index contributed by atoms with van der Waals surface area (Å²) in [4.78, 5) is 9.81. The van der Waals surface area contributed by atoms with E-state index in [1.807, 2.05) is 13.8 Å². The van der Waals surface area contributed by atoms with E-state index in [1.54, 1.807) is 4.90 Å². The Morgan fingerprint density at radius 3 is 2.43 bits per heavy atom. The third-order valence-electron chi connectivity index (χ3n) is 3.43. The summed E-state index contributed by atoms with van der Waals surface area (Å²) >= 11 is 0. The molecular formula is C13H19F3N4O. The van der Waals surface area contributed by atoms with Crippen LogP contribution in [0.15, 0.2) is 6.33 Å². The number of nitrogens with two attached hydrogens (primary N) is 1. The monoisotopic (exact) mass is 304 g/mol. The van der Waals surface area contributed by atoms with E-state index >= 15 is 0 Å². The van der Waals surface area contributed by atoms with Gasteiger partial charge in [0.2, 0.25) is 5.88 Å². The van der Waals surface area contributed by atoms with Gasteiger partial charge >= 0.3 is 6.18 Å². The molecule has 0 aliphatic carbocycles. The summed E-state index contributed by atoms with van der Waals surface area (Å²) in [6, 6.07) is 0. The molecule has 0 radical (unpaired) electrons. The summed E-state index contributed by atoms with van der Waals surface area (Å²) in [6.07, 6.45) is -2.80. The number of piperidine rings is 1. The molecule has 8 heteroatoms. The van der Waals surface area contributed by atoms with Crippen LogP contribution in [0.1, 0.15) is 26.7 Å². The molecule has 1 aromatic heterocycles. The van der Waals surface area contributed by atoms with Crippen molar-refractivity contribution in [3.63, 3.8) is 0 Å². The molecule has 1 saturated heterocycles. The van der Waals surface area contributed by atoms with Gasteiger partial charge in [0, 0.05) is 13.1 Å². The van der Waals surface area contributed by atoms with Gasteiger partial charge in [0.15, 0.2) is 5.82 Å². The molecule has 1 fully saturated rings. The zero-order valence-corrected chi connectivity index (χ0v) is 12.0. The molecule has 1 aliphatic rings. The maximum Gasteiger partial charge on any atom is 0.391 e. The first kappa shape index (κ1) is 15.7. The molecule has 1 aliphatic heterocycles. The van der Waals surface area contributed by atoms with E-state index in [-0.39, 0.29) is 43.6 Å². The number of hydrogen-bond acceptors (Lipinski definition) is 5. The standard InChI is InChI=1S/C13H19F3N4O/c1-8(2)21-12-10(17)11(18-7-19-12)20-5-3-9(4-6-20)13(14,15)16/h7-9H,3-6,17H2,1-2H3. The highest BCUT2D eigenvalue weighted by Gasteiger charge is 2.41. The van der Waals surface area contributed by atoms with Gasteiger partial charge in [0.25, 0.3) is 0 Å². The average molecular weight is 304 g/mol. The molecule has 2 heterocycles. The van der Waals surface area contributed by atoms with Crippen LogP contribution in [0, 0.1) is 5.92 Å². The second kappa shape index (κ2) is 5.95. The van der Waals surface area contributed by atoms with Crippen molar-refractivity contribution >= 4 is 11.5 Å². The quantitative estimate of drug-likeness (QED) is 0.930. The Hall–Kier alpha value is -1.73. The highest BCUT2D eigenvalue weighted by atomic mass is 19.4. The third-order valence-corrected chi connectivity index (χ3v) is 3.43. The average Bonchev–Trinajstić information content (AvgIpc) is 2.40. The minimum absolute atomic E-state index is 0.0489. The predicted molar refractivity (Wildman–Crippen MR) is 73.2 cm³/mol. The second-order valence-electron chi connectivity index (χ2n) is 5.39. The molecule has 0 saturated carbocycles. The van der Waals surface area contributed by atoms with Crippen molar-refractivity contribution in [2.75, 3.05) is 23.7 Å². The maximum atomic E-state index is 12.7. The minimum Gasteiger partial charge on any atom is -0.473 e. The van der Waals surface area contributed by atoms with Crippen LogP contribution in [0.2, 0.25) is 0 Å². The lowest BCUT2D eigenvalue weighted by molar-refractivity contribution is -0.179. The first-order chi connectivity index (χ1) is 9.79. The van der Waals surface area contributed by atoms with E-state index in [1.165, 1.54) is 6.33 Å². The summed E-state index contributed by atoms with van der Waals surface area (Å²) in [5.41, 5.74) is 6.24. The highest BCUT2D eigenvalue weighted by Crippen LogP contribution is 2.37. The van der Waals surface area contributed by atoms with Gasteiger partial charge in [0.05, 0.1) is 12.0 Å². The largest absolute Gasteiger partial charge is 0.473 e. The van der Waals surface area contributed by atoms with Crippen LogP contribution in [-0.2, 0) is 0 Å². The fourth-order valence-corrected chi connectivity index (χ4v) is 2.36. The molecule has 5 nitrogen and oxygen atoms in total. The Labute approximate surface area is 121 Å². The molecule has 0 aromatic carbocycles. The summed E-state index contributed by atoms with van der Waals surface area (Å²) in [5, 5.41) is 0. The molecule has 0 atom stereocenters. The van der Waals surface area contributed by atoms with Crippen LogP contribution in [-0.4, -0.2) is 35.3 Å². The van der Waals surface area contributed by atoms with Crippen LogP contribution in [0.3, 0.4) is 0 Å². The van der Waals surface area contributed by atoms with Crippen LogP contribution in [0.5, 0.6) is 5.88 Å². The fraction of sp³-hybridized carbons (Fsp3) is 0.692. The Morgan fingerprint density at radius 2 is 1.90 bits per heavy atom. The highest BCUT2D eigenvalue weighted by molar-refractivity contribution is 5.67. The van der Waals surface area contributed by atoms with Gasteiger partial charge in [-0.25, -0.2) is 4.98 Å². The van der Waals surface area contributed by atoms with E-state index in [9.17, 15) is 13.2 Å². The van der Waals surface area contributed by atoms with Crippen molar-refractivity contribution < 1.29 is 17.9 Å². The number of anilines is 2. The first-order valence-electron chi connectivity index (χ1n) is 6.87. The molecule has 0 amide bonds. The normalized spacial score (nSPS) is 17.3. The van der Waals surface area contributed by atoms with Gasteiger partial charge in [-0.05, 0) is 26.7 Å². The first-order valence-corrected chi connectivity index (χ1v) is 6.87. The van der Waals surface area contributed by atoms with Crippen molar-refractivity contribution in [1.29, 1.82) is 0 Å². The van der Waals surface area contributed by atoms with Crippen molar-refractivity contribution in [2.45, 2.75) is 39.0 Å². The second-order valence-corrected chi connectivity index (χ2v) is 5.39. The molecule has 2 N–H and O–H groups in total. The molecule has 2 rings (SSSR count). The molecule has 0 bridgehead atoms. The Morgan fingerprint density at radius 1 is 1.29 bits per heavy atom. The number of hydrogen-bond donors (Lipinski definition) is 1. The van der Waals surface area contributed by atoms with Gasteiger partial charge < -0.3 is 15.4 Å². The Balaban J connectivity index is 2.10. The van der Waals surface area contributed by atoms with E-state index in [0.717, 1.165) is 0 Å². The molecular weight excluding hydrogens is 285 g/mol. The van der Waals surface area contributed by atoms with Gasteiger partial charge in [0.1, 0.15) is 12.0 Å². The number of aromatic nitrogens is 2. The van der Waals surface area contributed by atoms with Crippen molar-refractivity contribution in [3.8, 4) is 5.88 Å². The topological polar surface area (TPSA) is 64.3 Å². The smallest absolute Gasteiger partial charge is 0.391 e. The maximum absolute atomic E-state index is 12.7. The van der Waals surface area contributed by atoms with Gasteiger partial charge in [-0.15, -0.1) is 0 Å². The van der Waals surface area contributed by atoms with Crippen molar-refractivity contribution in [1.82, 2.24) is 9.97 Å². The van der Waals surface area contributed by atoms with E-state index < -0.39 is 12.1 Å². The SMILES string of the molecule is CC(C)Oc1ncnc(N2CCC(C(F)(F)F)CC2)c1N. The summed E-state index contributed by atoms with van der Waals surface area (Å²) in [6.45, 7) is 4.23. The summed E-state index contributed by atoms with van der Waals surface area (Å²) in [5.74, 6) is -0.530. The number of nitrogen functional groups attached to an aromatic ring is 1.